The Hall–Kier alpha value is -1.55. The van der Waals surface area contributed by atoms with E-state index in [1.165, 1.54) is 6.92 Å². The lowest BCUT2D eigenvalue weighted by Gasteiger charge is -2.39. The number of benzene rings is 1. The van der Waals surface area contributed by atoms with Crippen molar-refractivity contribution in [2.45, 2.75) is 26.8 Å². The summed E-state index contributed by atoms with van der Waals surface area (Å²) in [5.41, 5.74) is 1.72. The summed E-state index contributed by atoms with van der Waals surface area (Å²) in [5, 5.41) is 0.645. The van der Waals surface area contributed by atoms with Gasteiger partial charge in [0.1, 0.15) is 6.04 Å². The Morgan fingerprint density at radius 2 is 2.05 bits per heavy atom. The van der Waals surface area contributed by atoms with E-state index < -0.39 is 6.04 Å². The van der Waals surface area contributed by atoms with Gasteiger partial charge in [-0.05, 0) is 31.5 Å². The van der Waals surface area contributed by atoms with Crippen molar-refractivity contribution < 1.29 is 9.59 Å². The number of carbonyl (C=O) groups is 2. The van der Waals surface area contributed by atoms with Crippen molar-refractivity contribution in [2.75, 3.05) is 18.0 Å². The zero-order valence-corrected chi connectivity index (χ0v) is 12.1. The van der Waals surface area contributed by atoms with E-state index in [1.54, 1.807) is 22.8 Å². The molecule has 19 heavy (non-hydrogen) atoms. The molecule has 5 heteroatoms. The molecule has 0 N–H and O–H groups in total. The maximum atomic E-state index is 12.4. The fraction of sp³-hybridized carbons (Fsp3) is 0.429. The Morgan fingerprint density at radius 1 is 1.37 bits per heavy atom. The summed E-state index contributed by atoms with van der Waals surface area (Å²) >= 11 is 6.09. The van der Waals surface area contributed by atoms with Crippen LogP contribution in [0, 0.1) is 6.92 Å². The normalized spacial score (nSPS) is 19.8. The molecule has 0 aliphatic carbocycles. The van der Waals surface area contributed by atoms with Crippen LogP contribution in [0.3, 0.4) is 0 Å². The van der Waals surface area contributed by atoms with Gasteiger partial charge in [-0.2, -0.15) is 0 Å². The number of piperazine rings is 1. The van der Waals surface area contributed by atoms with Crippen LogP contribution in [0.15, 0.2) is 18.2 Å². The van der Waals surface area contributed by atoms with Crippen molar-refractivity contribution >= 4 is 29.1 Å². The molecular formula is C14H17ClN2O2. The minimum Gasteiger partial charge on any atom is -0.329 e. The molecule has 0 aromatic heterocycles. The van der Waals surface area contributed by atoms with E-state index >= 15 is 0 Å². The van der Waals surface area contributed by atoms with Crippen molar-refractivity contribution in [2.24, 2.45) is 0 Å². The fourth-order valence-corrected chi connectivity index (χ4v) is 2.60. The lowest BCUT2D eigenvalue weighted by molar-refractivity contribution is -0.139. The zero-order chi connectivity index (χ0) is 14.2. The lowest BCUT2D eigenvalue weighted by atomic mass is 10.1. The SMILES string of the molecule is CC(=O)N1CCN(c2cccc(Cl)c2C)C(=O)[C@H]1C. The van der Waals surface area contributed by atoms with E-state index in [9.17, 15) is 9.59 Å². The highest BCUT2D eigenvalue weighted by Crippen LogP contribution is 2.28. The van der Waals surface area contributed by atoms with Crippen LogP contribution < -0.4 is 4.90 Å². The van der Waals surface area contributed by atoms with Crippen LogP contribution in [0.1, 0.15) is 19.4 Å². The highest BCUT2D eigenvalue weighted by Gasteiger charge is 2.34. The van der Waals surface area contributed by atoms with Crippen molar-refractivity contribution in [3.63, 3.8) is 0 Å². The van der Waals surface area contributed by atoms with Gasteiger partial charge in [0.15, 0.2) is 0 Å². The predicted octanol–water partition coefficient (Wildman–Crippen LogP) is 2.23. The molecule has 1 heterocycles. The van der Waals surface area contributed by atoms with Gasteiger partial charge in [-0.25, -0.2) is 0 Å². The number of rotatable bonds is 1. The van der Waals surface area contributed by atoms with Crippen molar-refractivity contribution in [3.8, 4) is 0 Å². The van der Waals surface area contributed by atoms with Gasteiger partial charge in [0, 0.05) is 30.7 Å². The highest BCUT2D eigenvalue weighted by atomic mass is 35.5. The number of anilines is 1. The lowest BCUT2D eigenvalue weighted by Crippen LogP contribution is -2.57. The molecule has 1 saturated heterocycles. The second kappa shape index (κ2) is 5.21. The smallest absolute Gasteiger partial charge is 0.249 e. The third kappa shape index (κ3) is 2.45. The number of nitrogens with zero attached hydrogens (tertiary/aromatic N) is 2. The molecule has 1 atom stereocenters. The largest absolute Gasteiger partial charge is 0.329 e. The maximum Gasteiger partial charge on any atom is 0.249 e. The van der Waals surface area contributed by atoms with Crippen LogP contribution in [0.2, 0.25) is 5.02 Å². The first-order valence-electron chi connectivity index (χ1n) is 6.27. The maximum absolute atomic E-state index is 12.4. The number of hydrogen-bond acceptors (Lipinski definition) is 2. The monoisotopic (exact) mass is 280 g/mol. The van der Waals surface area contributed by atoms with E-state index in [-0.39, 0.29) is 11.8 Å². The summed E-state index contributed by atoms with van der Waals surface area (Å²) in [6.07, 6.45) is 0. The number of carbonyl (C=O) groups excluding carboxylic acids is 2. The molecule has 0 spiro atoms. The third-order valence-electron chi connectivity index (χ3n) is 3.59. The minimum atomic E-state index is -0.426. The van der Waals surface area contributed by atoms with Crippen LogP contribution in [0.4, 0.5) is 5.69 Å². The first kappa shape index (κ1) is 13.9. The minimum absolute atomic E-state index is 0.0631. The van der Waals surface area contributed by atoms with Gasteiger partial charge in [0.2, 0.25) is 11.8 Å². The highest BCUT2D eigenvalue weighted by molar-refractivity contribution is 6.31. The molecule has 0 radical (unpaired) electrons. The van der Waals surface area contributed by atoms with Gasteiger partial charge in [0.25, 0.3) is 0 Å². The van der Waals surface area contributed by atoms with E-state index in [0.29, 0.717) is 18.1 Å². The third-order valence-corrected chi connectivity index (χ3v) is 4.00. The van der Waals surface area contributed by atoms with Crippen LogP contribution in [0.5, 0.6) is 0 Å². The summed E-state index contributed by atoms with van der Waals surface area (Å²) in [4.78, 5) is 27.2. The van der Waals surface area contributed by atoms with Gasteiger partial charge in [0.05, 0.1) is 0 Å². The summed E-state index contributed by atoms with van der Waals surface area (Å²) in [5.74, 6) is -0.130. The van der Waals surface area contributed by atoms with E-state index in [4.69, 9.17) is 11.6 Å². The Bertz CT molecular complexity index is 530. The molecule has 1 aromatic rings. The second-order valence-corrected chi connectivity index (χ2v) is 5.17. The molecule has 2 rings (SSSR count). The van der Waals surface area contributed by atoms with Crippen LogP contribution >= 0.6 is 11.6 Å². The van der Waals surface area contributed by atoms with Crippen molar-refractivity contribution in [1.29, 1.82) is 0 Å². The zero-order valence-electron chi connectivity index (χ0n) is 11.3. The predicted molar refractivity (Wildman–Crippen MR) is 75.4 cm³/mol. The first-order valence-corrected chi connectivity index (χ1v) is 6.65. The number of halogens is 1. The summed E-state index contributed by atoms with van der Waals surface area (Å²) < 4.78 is 0. The van der Waals surface area contributed by atoms with Crippen molar-refractivity contribution in [3.05, 3.63) is 28.8 Å². The molecule has 1 aliphatic heterocycles. The van der Waals surface area contributed by atoms with E-state index in [2.05, 4.69) is 0 Å². The van der Waals surface area contributed by atoms with Gasteiger partial charge in [-0.15, -0.1) is 0 Å². The Kier molecular flexibility index (Phi) is 3.80. The second-order valence-electron chi connectivity index (χ2n) is 4.76. The molecule has 1 fully saturated rings. The number of hydrogen-bond donors (Lipinski definition) is 0. The van der Waals surface area contributed by atoms with Crippen LogP contribution in [0.25, 0.3) is 0 Å². The first-order chi connectivity index (χ1) is 8.93. The van der Waals surface area contributed by atoms with Crippen LogP contribution in [-0.2, 0) is 9.59 Å². The van der Waals surface area contributed by atoms with Crippen LogP contribution in [-0.4, -0.2) is 35.8 Å². The van der Waals surface area contributed by atoms with E-state index in [1.807, 2.05) is 19.1 Å². The molecule has 0 bridgehead atoms. The van der Waals surface area contributed by atoms with Gasteiger partial charge < -0.3 is 9.80 Å². The van der Waals surface area contributed by atoms with Gasteiger partial charge in [-0.3, -0.25) is 9.59 Å². The molecule has 2 amide bonds. The van der Waals surface area contributed by atoms with Gasteiger partial charge in [-0.1, -0.05) is 17.7 Å². The molecule has 4 nitrogen and oxygen atoms in total. The van der Waals surface area contributed by atoms with Gasteiger partial charge >= 0.3 is 0 Å². The molecule has 1 aliphatic rings. The fourth-order valence-electron chi connectivity index (χ4n) is 2.43. The average Bonchev–Trinajstić information content (AvgIpc) is 2.36. The number of amides is 2. The molecule has 102 valence electrons. The van der Waals surface area contributed by atoms with Crippen molar-refractivity contribution in [1.82, 2.24) is 4.90 Å². The summed E-state index contributed by atoms with van der Waals surface area (Å²) in [6.45, 7) is 6.20. The molecular weight excluding hydrogens is 264 g/mol. The Labute approximate surface area is 117 Å². The summed E-state index contributed by atoms with van der Waals surface area (Å²) in [6, 6.07) is 5.10. The quantitative estimate of drug-likeness (QED) is 0.791. The Balaban J connectivity index is 2.31. The standard InChI is InChI=1S/C14H17ClN2O2/c1-9-12(15)5-4-6-13(9)17-8-7-16(11(3)18)10(2)14(17)19/h4-6,10H,7-8H2,1-3H3/t10-/m1/s1. The Morgan fingerprint density at radius 3 is 2.68 bits per heavy atom. The molecule has 0 saturated carbocycles. The molecule has 0 unspecified atom stereocenters. The summed E-state index contributed by atoms with van der Waals surface area (Å²) in [7, 11) is 0. The topological polar surface area (TPSA) is 40.6 Å². The average molecular weight is 281 g/mol. The molecule has 1 aromatic carbocycles. The van der Waals surface area contributed by atoms with E-state index in [0.717, 1.165) is 11.3 Å².